The number of carbonyl (C=O) groups is 1. The van der Waals surface area contributed by atoms with Crippen molar-refractivity contribution < 1.29 is 9.53 Å². The van der Waals surface area contributed by atoms with Crippen LogP contribution in [0.2, 0.25) is 0 Å². The SMILES string of the molecule is C=C(c1ccccc1)[C@H]1C=CN(C(=O)OC(C)(C)C)CC1. The Kier molecular flexibility index (Phi) is 4.51. The third-order valence-electron chi connectivity index (χ3n) is 3.40. The van der Waals surface area contributed by atoms with E-state index in [0.717, 1.165) is 17.6 Å². The van der Waals surface area contributed by atoms with Gasteiger partial charge in [-0.05, 0) is 38.3 Å². The van der Waals surface area contributed by atoms with E-state index in [1.807, 2.05) is 51.2 Å². The first-order valence-corrected chi connectivity index (χ1v) is 7.29. The molecule has 1 aromatic carbocycles. The van der Waals surface area contributed by atoms with E-state index in [1.165, 1.54) is 0 Å². The molecule has 1 aliphatic rings. The molecule has 0 fully saturated rings. The first-order chi connectivity index (χ1) is 9.87. The highest BCUT2D eigenvalue weighted by Crippen LogP contribution is 2.28. The summed E-state index contributed by atoms with van der Waals surface area (Å²) in [4.78, 5) is 13.6. The van der Waals surface area contributed by atoms with Crippen LogP contribution in [0.25, 0.3) is 5.57 Å². The highest BCUT2D eigenvalue weighted by molar-refractivity contribution is 5.71. The Hall–Kier alpha value is -2.03. The molecular weight excluding hydrogens is 262 g/mol. The number of carbonyl (C=O) groups excluding carboxylic acids is 1. The molecule has 1 amide bonds. The summed E-state index contributed by atoms with van der Waals surface area (Å²) < 4.78 is 5.37. The van der Waals surface area contributed by atoms with Crippen molar-refractivity contribution in [3.8, 4) is 0 Å². The van der Waals surface area contributed by atoms with Gasteiger partial charge in [0, 0.05) is 18.7 Å². The van der Waals surface area contributed by atoms with Gasteiger partial charge in [-0.2, -0.15) is 0 Å². The van der Waals surface area contributed by atoms with Crippen molar-refractivity contribution in [2.75, 3.05) is 6.54 Å². The molecule has 0 saturated heterocycles. The molecule has 0 aromatic heterocycles. The number of hydrogen-bond acceptors (Lipinski definition) is 2. The van der Waals surface area contributed by atoms with Crippen LogP contribution in [0.4, 0.5) is 4.79 Å². The maximum absolute atomic E-state index is 12.0. The summed E-state index contributed by atoms with van der Waals surface area (Å²) in [5, 5.41) is 0. The van der Waals surface area contributed by atoms with E-state index in [-0.39, 0.29) is 12.0 Å². The fraction of sp³-hybridized carbons (Fsp3) is 0.389. The van der Waals surface area contributed by atoms with Gasteiger partial charge in [0.05, 0.1) is 0 Å². The Morgan fingerprint density at radius 2 is 1.95 bits per heavy atom. The second-order valence-electron chi connectivity index (χ2n) is 6.30. The van der Waals surface area contributed by atoms with E-state index >= 15 is 0 Å². The van der Waals surface area contributed by atoms with E-state index in [2.05, 4.69) is 18.7 Å². The Bertz CT molecular complexity index is 540. The Labute approximate surface area is 126 Å². The molecule has 2 rings (SSSR count). The lowest BCUT2D eigenvalue weighted by atomic mass is 9.89. The predicted molar refractivity (Wildman–Crippen MR) is 85.7 cm³/mol. The molecule has 0 aliphatic carbocycles. The van der Waals surface area contributed by atoms with Gasteiger partial charge in [0.25, 0.3) is 0 Å². The number of amides is 1. The second-order valence-corrected chi connectivity index (χ2v) is 6.30. The van der Waals surface area contributed by atoms with Crippen LogP contribution in [0.5, 0.6) is 0 Å². The van der Waals surface area contributed by atoms with Crippen LogP contribution in [0, 0.1) is 5.92 Å². The van der Waals surface area contributed by atoms with Crippen LogP contribution in [-0.4, -0.2) is 23.1 Å². The Morgan fingerprint density at radius 1 is 1.29 bits per heavy atom. The number of allylic oxidation sites excluding steroid dienone is 2. The standard InChI is InChI=1S/C18H23NO2/c1-14(15-8-6-5-7-9-15)16-10-12-19(13-11-16)17(20)21-18(2,3)4/h5-10,12,16H,1,11,13H2,2-4H3/t16-/m0/s1. The van der Waals surface area contributed by atoms with E-state index in [9.17, 15) is 4.79 Å². The lowest BCUT2D eigenvalue weighted by Crippen LogP contribution is -2.36. The van der Waals surface area contributed by atoms with Crippen molar-refractivity contribution in [2.45, 2.75) is 32.8 Å². The van der Waals surface area contributed by atoms with Gasteiger partial charge in [0.1, 0.15) is 5.60 Å². The lowest BCUT2D eigenvalue weighted by molar-refractivity contribution is 0.0323. The molecular formula is C18H23NO2. The number of nitrogens with zero attached hydrogens (tertiary/aromatic N) is 1. The van der Waals surface area contributed by atoms with Gasteiger partial charge in [0.15, 0.2) is 0 Å². The molecule has 0 bridgehead atoms. The topological polar surface area (TPSA) is 29.5 Å². The van der Waals surface area contributed by atoms with Crippen molar-refractivity contribution in [2.24, 2.45) is 5.92 Å². The third kappa shape index (κ3) is 4.22. The van der Waals surface area contributed by atoms with E-state index in [0.29, 0.717) is 6.54 Å². The fourth-order valence-electron chi connectivity index (χ4n) is 2.29. The maximum atomic E-state index is 12.0. The average Bonchev–Trinajstić information content (AvgIpc) is 2.46. The quantitative estimate of drug-likeness (QED) is 0.802. The molecule has 1 heterocycles. The summed E-state index contributed by atoms with van der Waals surface area (Å²) in [5.74, 6) is 0.270. The van der Waals surface area contributed by atoms with E-state index in [1.54, 1.807) is 4.90 Å². The minimum atomic E-state index is -0.463. The molecule has 1 aliphatic heterocycles. The molecule has 1 atom stereocenters. The number of rotatable bonds is 2. The van der Waals surface area contributed by atoms with Crippen LogP contribution in [-0.2, 0) is 4.74 Å². The molecule has 0 spiro atoms. The summed E-state index contributed by atoms with van der Waals surface area (Å²) in [6.07, 6.45) is 4.42. The predicted octanol–water partition coefficient (Wildman–Crippen LogP) is 4.47. The minimum absolute atomic E-state index is 0.270. The zero-order valence-corrected chi connectivity index (χ0v) is 13.0. The molecule has 3 heteroatoms. The summed E-state index contributed by atoms with van der Waals surface area (Å²) in [5.41, 5.74) is 1.78. The van der Waals surface area contributed by atoms with Gasteiger partial charge in [-0.15, -0.1) is 0 Å². The van der Waals surface area contributed by atoms with Gasteiger partial charge in [-0.3, -0.25) is 4.90 Å². The van der Waals surface area contributed by atoms with Crippen molar-refractivity contribution in [3.63, 3.8) is 0 Å². The molecule has 112 valence electrons. The lowest BCUT2D eigenvalue weighted by Gasteiger charge is -2.29. The molecule has 0 radical (unpaired) electrons. The smallest absolute Gasteiger partial charge is 0.414 e. The average molecular weight is 285 g/mol. The Morgan fingerprint density at radius 3 is 2.48 bits per heavy atom. The van der Waals surface area contributed by atoms with Crippen molar-refractivity contribution in [1.82, 2.24) is 4.90 Å². The molecule has 1 aromatic rings. The number of hydrogen-bond donors (Lipinski definition) is 0. The molecule has 0 unspecified atom stereocenters. The fourth-order valence-corrected chi connectivity index (χ4v) is 2.29. The summed E-state index contributed by atoms with van der Waals surface area (Å²) >= 11 is 0. The first-order valence-electron chi connectivity index (χ1n) is 7.29. The molecule has 21 heavy (non-hydrogen) atoms. The normalized spacial score (nSPS) is 18.4. The van der Waals surface area contributed by atoms with Crippen molar-refractivity contribution >= 4 is 11.7 Å². The van der Waals surface area contributed by atoms with Crippen LogP contribution in [0.3, 0.4) is 0 Å². The highest BCUT2D eigenvalue weighted by atomic mass is 16.6. The summed E-state index contributed by atoms with van der Waals surface area (Å²) in [6.45, 7) is 10.5. The van der Waals surface area contributed by atoms with E-state index < -0.39 is 5.60 Å². The maximum Gasteiger partial charge on any atom is 0.414 e. The Balaban J connectivity index is 1.99. The van der Waals surface area contributed by atoms with Crippen molar-refractivity contribution in [3.05, 3.63) is 54.8 Å². The monoisotopic (exact) mass is 285 g/mol. The molecule has 0 N–H and O–H groups in total. The minimum Gasteiger partial charge on any atom is -0.443 e. The highest BCUT2D eigenvalue weighted by Gasteiger charge is 2.24. The van der Waals surface area contributed by atoms with Crippen LogP contribution in [0.1, 0.15) is 32.8 Å². The van der Waals surface area contributed by atoms with Crippen LogP contribution < -0.4 is 0 Å². The van der Waals surface area contributed by atoms with Crippen LogP contribution >= 0.6 is 0 Å². The zero-order chi connectivity index (χ0) is 15.5. The second kappa shape index (κ2) is 6.17. The largest absolute Gasteiger partial charge is 0.443 e. The summed E-state index contributed by atoms with van der Waals surface area (Å²) in [7, 11) is 0. The van der Waals surface area contributed by atoms with Gasteiger partial charge >= 0.3 is 6.09 Å². The molecule has 3 nitrogen and oxygen atoms in total. The summed E-state index contributed by atoms with van der Waals surface area (Å²) in [6, 6.07) is 10.2. The van der Waals surface area contributed by atoms with Crippen LogP contribution in [0.15, 0.2) is 49.2 Å². The van der Waals surface area contributed by atoms with E-state index in [4.69, 9.17) is 4.74 Å². The van der Waals surface area contributed by atoms with Crippen molar-refractivity contribution in [1.29, 1.82) is 0 Å². The zero-order valence-electron chi connectivity index (χ0n) is 13.0. The van der Waals surface area contributed by atoms with Gasteiger partial charge < -0.3 is 4.74 Å². The van der Waals surface area contributed by atoms with Gasteiger partial charge in [0.2, 0.25) is 0 Å². The molecule has 0 saturated carbocycles. The number of ether oxygens (including phenoxy) is 1. The van der Waals surface area contributed by atoms with Gasteiger partial charge in [-0.1, -0.05) is 43.0 Å². The first kappa shape index (κ1) is 15.4. The number of benzene rings is 1. The third-order valence-corrected chi connectivity index (χ3v) is 3.40. The van der Waals surface area contributed by atoms with Gasteiger partial charge in [-0.25, -0.2) is 4.79 Å².